The normalized spacial score (nSPS) is 19.0. The van der Waals surface area contributed by atoms with Crippen molar-refractivity contribution in [3.8, 4) is 5.75 Å². The molecule has 1 aliphatic carbocycles. The summed E-state index contributed by atoms with van der Waals surface area (Å²) in [6, 6.07) is 12.4. The highest BCUT2D eigenvalue weighted by Crippen LogP contribution is 2.51. The van der Waals surface area contributed by atoms with Gasteiger partial charge in [0.15, 0.2) is 0 Å². The molecule has 3 nitrogen and oxygen atoms in total. The monoisotopic (exact) mass is 297 g/mol. The van der Waals surface area contributed by atoms with Gasteiger partial charge in [0.2, 0.25) is 5.91 Å². The molecule has 1 fully saturated rings. The van der Waals surface area contributed by atoms with Crippen LogP contribution in [-0.2, 0) is 11.2 Å². The zero-order valence-electron chi connectivity index (χ0n) is 13.5. The highest BCUT2D eigenvalue weighted by Gasteiger charge is 2.50. The minimum atomic E-state index is 0.182. The number of methoxy groups -OCH3 is 1. The third kappa shape index (κ3) is 2.80. The van der Waals surface area contributed by atoms with Gasteiger partial charge in [-0.15, -0.1) is 0 Å². The third-order valence-corrected chi connectivity index (χ3v) is 4.72. The first kappa shape index (κ1) is 14.9. The minimum absolute atomic E-state index is 0.182. The predicted molar refractivity (Wildman–Crippen MR) is 89.1 cm³/mol. The maximum atomic E-state index is 12.1. The summed E-state index contributed by atoms with van der Waals surface area (Å²) in [5, 5.41) is 5.47. The zero-order valence-corrected chi connectivity index (χ0v) is 13.5. The maximum absolute atomic E-state index is 12.1. The highest BCUT2D eigenvalue weighted by molar-refractivity contribution is 5.88. The van der Waals surface area contributed by atoms with E-state index in [1.165, 1.54) is 10.8 Å². The fourth-order valence-electron chi connectivity index (χ4n) is 3.11. The number of hydrogen-bond acceptors (Lipinski definition) is 2. The Labute approximate surface area is 131 Å². The molecular weight excluding hydrogens is 274 g/mol. The largest absolute Gasteiger partial charge is 0.496 e. The van der Waals surface area contributed by atoms with Crippen molar-refractivity contribution in [1.82, 2.24) is 5.32 Å². The summed E-state index contributed by atoms with van der Waals surface area (Å²) in [4.78, 5) is 12.1. The van der Waals surface area contributed by atoms with Gasteiger partial charge in [-0.3, -0.25) is 4.79 Å². The summed E-state index contributed by atoms with van der Waals surface area (Å²) < 4.78 is 5.49. The van der Waals surface area contributed by atoms with Gasteiger partial charge in [0.1, 0.15) is 5.75 Å². The van der Waals surface area contributed by atoms with Crippen molar-refractivity contribution in [3.05, 3.63) is 42.0 Å². The van der Waals surface area contributed by atoms with Crippen molar-refractivity contribution < 1.29 is 9.53 Å². The molecule has 2 aromatic rings. The number of carbonyl (C=O) groups is 1. The molecule has 1 aliphatic rings. The van der Waals surface area contributed by atoms with E-state index in [-0.39, 0.29) is 17.2 Å². The Morgan fingerprint density at radius 2 is 2.00 bits per heavy atom. The van der Waals surface area contributed by atoms with Crippen LogP contribution in [0.2, 0.25) is 0 Å². The summed E-state index contributed by atoms with van der Waals surface area (Å²) in [6.07, 6.45) is 1.78. The van der Waals surface area contributed by atoms with Crippen molar-refractivity contribution in [3.63, 3.8) is 0 Å². The van der Waals surface area contributed by atoms with Gasteiger partial charge in [0, 0.05) is 18.0 Å². The molecule has 1 saturated carbocycles. The van der Waals surface area contributed by atoms with E-state index in [2.05, 4.69) is 37.4 Å². The Balaban J connectivity index is 1.72. The minimum Gasteiger partial charge on any atom is -0.496 e. The first-order valence-corrected chi connectivity index (χ1v) is 7.85. The first-order valence-electron chi connectivity index (χ1n) is 7.85. The van der Waals surface area contributed by atoms with Crippen LogP contribution in [0, 0.1) is 11.3 Å². The van der Waals surface area contributed by atoms with Crippen LogP contribution in [0.5, 0.6) is 5.75 Å². The summed E-state index contributed by atoms with van der Waals surface area (Å²) in [6.45, 7) is 4.94. The number of hydrogen-bond donors (Lipinski definition) is 1. The van der Waals surface area contributed by atoms with Crippen LogP contribution in [-0.4, -0.2) is 19.6 Å². The summed E-state index contributed by atoms with van der Waals surface area (Å²) in [5.74, 6) is 1.26. The number of benzene rings is 2. The lowest BCUT2D eigenvalue weighted by atomic mass is 10.0. The van der Waals surface area contributed by atoms with Gasteiger partial charge in [-0.05, 0) is 35.1 Å². The second-order valence-electron chi connectivity index (χ2n) is 6.75. The number of nitrogens with one attached hydrogen (secondary N) is 1. The molecule has 0 heterocycles. The summed E-state index contributed by atoms with van der Waals surface area (Å²) >= 11 is 0. The van der Waals surface area contributed by atoms with E-state index in [0.29, 0.717) is 6.54 Å². The van der Waals surface area contributed by atoms with Crippen molar-refractivity contribution in [2.45, 2.75) is 26.7 Å². The Hall–Kier alpha value is -2.03. The molecule has 3 rings (SSSR count). The van der Waals surface area contributed by atoms with Crippen LogP contribution in [0.4, 0.5) is 0 Å². The standard InChI is InChI=1S/C19H23NO2/c1-19(2)12-16(19)18(21)20-11-10-15-14-7-5-4-6-13(14)8-9-17(15)22-3/h4-9,16H,10-12H2,1-3H3,(H,20,21). The van der Waals surface area contributed by atoms with Gasteiger partial charge in [-0.2, -0.15) is 0 Å². The van der Waals surface area contributed by atoms with E-state index >= 15 is 0 Å². The van der Waals surface area contributed by atoms with Crippen LogP contribution in [0.15, 0.2) is 36.4 Å². The Bertz CT molecular complexity index is 706. The van der Waals surface area contributed by atoms with Crippen molar-refractivity contribution in [1.29, 1.82) is 0 Å². The quantitative estimate of drug-likeness (QED) is 0.916. The number of amides is 1. The van der Waals surface area contributed by atoms with Crippen LogP contribution >= 0.6 is 0 Å². The van der Waals surface area contributed by atoms with E-state index in [4.69, 9.17) is 4.74 Å². The van der Waals surface area contributed by atoms with Crippen LogP contribution < -0.4 is 10.1 Å². The molecule has 0 radical (unpaired) electrons. The second kappa shape index (κ2) is 5.64. The molecule has 116 valence electrons. The van der Waals surface area contributed by atoms with E-state index in [0.717, 1.165) is 24.2 Å². The molecule has 0 saturated heterocycles. The molecule has 22 heavy (non-hydrogen) atoms. The van der Waals surface area contributed by atoms with E-state index in [1.807, 2.05) is 18.2 Å². The molecule has 1 unspecified atom stereocenters. The SMILES string of the molecule is COc1ccc2ccccc2c1CCNC(=O)C1CC1(C)C. The van der Waals surface area contributed by atoms with Crippen molar-refractivity contribution in [2.24, 2.45) is 11.3 Å². The van der Waals surface area contributed by atoms with Crippen molar-refractivity contribution >= 4 is 16.7 Å². The van der Waals surface area contributed by atoms with E-state index < -0.39 is 0 Å². The van der Waals surface area contributed by atoms with Gasteiger partial charge < -0.3 is 10.1 Å². The lowest BCUT2D eigenvalue weighted by Crippen LogP contribution is -2.28. The van der Waals surface area contributed by atoms with E-state index in [9.17, 15) is 4.79 Å². The third-order valence-electron chi connectivity index (χ3n) is 4.72. The predicted octanol–water partition coefficient (Wildman–Crippen LogP) is 3.55. The smallest absolute Gasteiger partial charge is 0.223 e. The molecule has 1 amide bonds. The average molecular weight is 297 g/mol. The Morgan fingerprint density at radius 3 is 2.68 bits per heavy atom. The Morgan fingerprint density at radius 1 is 1.27 bits per heavy atom. The highest BCUT2D eigenvalue weighted by atomic mass is 16.5. The maximum Gasteiger partial charge on any atom is 0.223 e. The van der Waals surface area contributed by atoms with Gasteiger partial charge in [0.05, 0.1) is 7.11 Å². The van der Waals surface area contributed by atoms with E-state index in [1.54, 1.807) is 7.11 Å². The topological polar surface area (TPSA) is 38.3 Å². The van der Waals surface area contributed by atoms with Crippen LogP contribution in [0.25, 0.3) is 10.8 Å². The lowest BCUT2D eigenvalue weighted by molar-refractivity contribution is -0.122. The van der Waals surface area contributed by atoms with Gasteiger partial charge in [0.25, 0.3) is 0 Å². The average Bonchev–Trinajstić information content (AvgIpc) is 3.16. The first-order chi connectivity index (χ1) is 10.5. The molecule has 1 atom stereocenters. The molecule has 2 aromatic carbocycles. The number of fused-ring (bicyclic) bond motifs is 1. The fraction of sp³-hybridized carbons (Fsp3) is 0.421. The molecular formula is C19H23NO2. The van der Waals surface area contributed by atoms with Crippen LogP contribution in [0.1, 0.15) is 25.8 Å². The lowest BCUT2D eigenvalue weighted by Gasteiger charge is -2.13. The van der Waals surface area contributed by atoms with Crippen molar-refractivity contribution in [2.75, 3.05) is 13.7 Å². The molecule has 0 spiro atoms. The Kier molecular flexibility index (Phi) is 3.81. The number of ether oxygens (including phenoxy) is 1. The summed E-state index contributed by atoms with van der Waals surface area (Å²) in [7, 11) is 1.69. The molecule has 0 bridgehead atoms. The molecule has 3 heteroatoms. The fourth-order valence-corrected chi connectivity index (χ4v) is 3.11. The molecule has 0 aromatic heterocycles. The molecule has 1 N–H and O–H groups in total. The van der Waals surface area contributed by atoms with Gasteiger partial charge >= 0.3 is 0 Å². The summed E-state index contributed by atoms with van der Waals surface area (Å²) in [5.41, 5.74) is 1.34. The molecule has 0 aliphatic heterocycles. The van der Waals surface area contributed by atoms with Crippen LogP contribution in [0.3, 0.4) is 0 Å². The number of carbonyl (C=O) groups excluding carboxylic acids is 1. The zero-order chi connectivity index (χ0) is 15.7. The van der Waals surface area contributed by atoms with Gasteiger partial charge in [-0.1, -0.05) is 44.2 Å². The second-order valence-corrected chi connectivity index (χ2v) is 6.75. The van der Waals surface area contributed by atoms with Gasteiger partial charge in [-0.25, -0.2) is 0 Å². The number of rotatable bonds is 5.